The van der Waals surface area contributed by atoms with Crippen molar-refractivity contribution in [2.24, 2.45) is 0 Å². The molecule has 2 atom stereocenters. The second-order valence-electron chi connectivity index (χ2n) is 2.82. The SMILES string of the molecule is C=CCCC(O)CC(O)CC. The van der Waals surface area contributed by atoms with Gasteiger partial charge in [-0.3, -0.25) is 0 Å². The summed E-state index contributed by atoms with van der Waals surface area (Å²) in [5.41, 5.74) is 0. The van der Waals surface area contributed by atoms with Crippen LogP contribution in [0.25, 0.3) is 0 Å². The van der Waals surface area contributed by atoms with Gasteiger partial charge in [-0.05, 0) is 25.7 Å². The number of aliphatic hydroxyl groups excluding tert-OH is 2. The molecular formula is C9H18O2. The topological polar surface area (TPSA) is 40.5 Å². The molecule has 66 valence electrons. The predicted octanol–water partition coefficient (Wildman–Crippen LogP) is 1.47. The molecule has 0 aliphatic rings. The molecule has 11 heavy (non-hydrogen) atoms. The van der Waals surface area contributed by atoms with Gasteiger partial charge in [0.05, 0.1) is 12.2 Å². The van der Waals surface area contributed by atoms with Gasteiger partial charge in [0, 0.05) is 0 Å². The van der Waals surface area contributed by atoms with Crippen LogP contribution in [0.5, 0.6) is 0 Å². The number of hydrogen-bond donors (Lipinski definition) is 2. The normalized spacial score (nSPS) is 15.9. The molecule has 0 rings (SSSR count). The summed E-state index contributed by atoms with van der Waals surface area (Å²) in [6, 6.07) is 0. The molecule has 0 aromatic carbocycles. The molecule has 0 fully saturated rings. The van der Waals surface area contributed by atoms with Crippen molar-refractivity contribution >= 4 is 0 Å². The molecule has 2 heteroatoms. The molecule has 0 amide bonds. The van der Waals surface area contributed by atoms with E-state index in [0.29, 0.717) is 19.3 Å². The van der Waals surface area contributed by atoms with E-state index in [1.165, 1.54) is 0 Å². The van der Waals surface area contributed by atoms with Crippen LogP contribution < -0.4 is 0 Å². The molecule has 0 heterocycles. The van der Waals surface area contributed by atoms with Crippen LogP contribution >= 0.6 is 0 Å². The highest BCUT2D eigenvalue weighted by molar-refractivity contribution is 4.70. The summed E-state index contributed by atoms with van der Waals surface area (Å²) in [5.74, 6) is 0. The molecule has 2 unspecified atom stereocenters. The zero-order valence-corrected chi connectivity index (χ0v) is 7.16. The van der Waals surface area contributed by atoms with Crippen LogP contribution in [0.2, 0.25) is 0 Å². The van der Waals surface area contributed by atoms with Gasteiger partial charge < -0.3 is 10.2 Å². The fraction of sp³-hybridized carbons (Fsp3) is 0.778. The molecule has 0 aliphatic carbocycles. The predicted molar refractivity (Wildman–Crippen MR) is 46.4 cm³/mol. The highest BCUT2D eigenvalue weighted by Crippen LogP contribution is 2.07. The summed E-state index contributed by atoms with van der Waals surface area (Å²) in [4.78, 5) is 0. The molecule has 0 aromatic heterocycles. The number of rotatable bonds is 6. The van der Waals surface area contributed by atoms with Crippen LogP contribution in [0, 0.1) is 0 Å². The molecule has 0 saturated carbocycles. The number of hydrogen-bond acceptors (Lipinski definition) is 2. The highest BCUT2D eigenvalue weighted by Gasteiger charge is 2.08. The lowest BCUT2D eigenvalue weighted by Gasteiger charge is -2.12. The number of aliphatic hydroxyl groups is 2. The summed E-state index contributed by atoms with van der Waals surface area (Å²) in [7, 11) is 0. The van der Waals surface area contributed by atoms with E-state index in [0.717, 1.165) is 6.42 Å². The molecule has 0 bridgehead atoms. The fourth-order valence-corrected chi connectivity index (χ4v) is 0.909. The van der Waals surface area contributed by atoms with Crippen molar-refractivity contribution in [3.63, 3.8) is 0 Å². The second-order valence-corrected chi connectivity index (χ2v) is 2.82. The Balaban J connectivity index is 3.34. The Hall–Kier alpha value is -0.340. The summed E-state index contributed by atoms with van der Waals surface area (Å²) >= 11 is 0. The maximum atomic E-state index is 9.27. The van der Waals surface area contributed by atoms with E-state index >= 15 is 0 Å². The minimum absolute atomic E-state index is 0.352. The van der Waals surface area contributed by atoms with Gasteiger partial charge in [-0.1, -0.05) is 13.0 Å². The lowest BCUT2D eigenvalue weighted by molar-refractivity contribution is 0.0743. The quantitative estimate of drug-likeness (QED) is 0.575. The summed E-state index contributed by atoms with van der Waals surface area (Å²) in [5, 5.41) is 18.4. The first kappa shape index (κ1) is 10.7. The summed E-state index contributed by atoms with van der Waals surface area (Å²) in [6.45, 7) is 5.47. The number of allylic oxidation sites excluding steroid dienone is 1. The first-order valence-corrected chi connectivity index (χ1v) is 4.17. The van der Waals surface area contributed by atoms with Gasteiger partial charge in [0.1, 0.15) is 0 Å². The summed E-state index contributed by atoms with van der Waals surface area (Å²) in [6.07, 6.45) is 3.78. The third-order valence-electron chi connectivity index (χ3n) is 1.72. The summed E-state index contributed by atoms with van der Waals surface area (Å²) < 4.78 is 0. The van der Waals surface area contributed by atoms with E-state index in [2.05, 4.69) is 6.58 Å². The first-order valence-electron chi connectivity index (χ1n) is 4.17. The van der Waals surface area contributed by atoms with Crippen LogP contribution in [-0.2, 0) is 0 Å². The van der Waals surface area contributed by atoms with Crippen LogP contribution in [0.1, 0.15) is 32.6 Å². The molecule has 0 radical (unpaired) electrons. The van der Waals surface area contributed by atoms with Crippen LogP contribution in [-0.4, -0.2) is 22.4 Å². The average Bonchev–Trinajstić information content (AvgIpc) is 2.00. The first-order chi connectivity index (χ1) is 5.20. The van der Waals surface area contributed by atoms with Crippen LogP contribution in [0.3, 0.4) is 0 Å². The Morgan fingerprint density at radius 2 is 2.00 bits per heavy atom. The Kier molecular flexibility index (Phi) is 6.18. The van der Waals surface area contributed by atoms with Crippen molar-refractivity contribution in [1.82, 2.24) is 0 Å². The van der Waals surface area contributed by atoms with Gasteiger partial charge >= 0.3 is 0 Å². The van der Waals surface area contributed by atoms with Gasteiger partial charge in [0.25, 0.3) is 0 Å². The van der Waals surface area contributed by atoms with Crippen molar-refractivity contribution in [2.45, 2.75) is 44.8 Å². The minimum Gasteiger partial charge on any atom is -0.393 e. The molecule has 0 aliphatic heterocycles. The minimum atomic E-state index is -0.372. The van der Waals surface area contributed by atoms with Gasteiger partial charge in [-0.25, -0.2) is 0 Å². The fourth-order valence-electron chi connectivity index (χ4n) is 0.909. The van der Waals surface area contributed by atoms with Crippen LogP contribution in [0.15, 0.2) is 12.7 Å². The Morgan fingerprint density at radius 1 is 1.36 bits per heavy atom. The van der Waals surface area contributed by atoms with E-state index < -0.39 is 0 Å². The monoisotopic (exact) mass is 158 g/mol. The molecule has 0 spiro atoms. The van der Waals surface area contributed by atoms with Crippen molar-refractivity contribution < 1.29 is 10.2 Å². The van der Waals surface area contributed by atoms with E-state index in [4.69, 9.17) is 5.11 Å². The lowest BCUT2D eigenvalue weighted by atomic mass is 10.1. The van der Waals surface area contributed by atoms with Crippen molar-refractivity contribution in [3.05, 3.63) is 12.7 Å². The lowest BCUT2D eigenvalue weighted by Crippen LogP contribution is -2.16. The highest BCUT2D eigenvalue weighted by atomic mass is 16.3. The van der Waals surface area contributed by atoms with Gasteiger partial charge in [-0.2, -0.15) is 0 Å². The van der Waals surface area contributed by atoms with E-state index in [1.807, 2.05) is 6.92 Å². The molecule has 2 N–H and O–H groups in total. The molecular weight excluding hydrogens is 140 g/mol. The Bertz CT molecular complexity index is 102. The van der Waals surface area contributed by atoms with Gasteiger partial charge in [-0.15, -0.1) is 6.58 Å². The smallest absolute Gasteiger partial charge is 0.0567 e. The van der Waals surface area contributed by atoms with Gasteiger partial charge in [0.2, 0.25) is 0 Å². The largest absolute Gasteiger partial charge is 0.393 e. The standard InChI is InChI=1S/C9H18O2/c1-3-5-6-9(11)7-8(10)4-2/h3,8-11H,1,4-7H2,2H3. The van der Waals surface area contributed by atoms with E-state index in [9.17, 15) is 5.11 Å². The second kappa shape index (κ2) is 6.38. The molecule has 0 aromatic rings. The average molecular weight is 158 g/mol. The zero-order chi connectivity index (χ0) is 8.69. The third kappa shape index (κ3) is 6.07. The zero-order valence-electron chi connectivity index (χ0n) is 7.16. The molecule has 0 saturated heterocycles. The van der Waals surface area contributed by atoms with Crippen molar-refractivity contribution in [1.29, 1.82) is 0 Å². The van der Waals surface area contributed by atoms with E-state index in [-0.39, 0.29) is 12.2 Å². The maximum Gasteiger partial charge on any atom is 0.0567 e. The maximum absolute atomic E-state index is 9.27. The Labute approximate surface area is 68.6 Å². The third-order valence-corrected chi connectivity index (χ3v) is 1.72. The van der Waals surface area contributed by atoms with Crippen molar-refractivity contribution in [3.8, 4) is 0 Å². The van der Waals surface area contributed by atoms with Gasteiger partial charge in [0.15, 0.2) is 0 Å². The molecule has 2 nitrogen and oxygen atoms in total. The van der Waals surface area contributed by atoms with Crippen LogP contribution in [0.4, 0.5) is 0 Å². The van der Waals surface area contributed by atoms with Crippen molar-refractivity contribution in [2.75, 3.05) is 0 Å². The Morgan fingerprint density at radius 3 is 2.45 bits per heavy atom. The van der Waals surface area contributed by atoms with E-state index in [1.54, 1.807) is 6.08 Å².